The molecule has 0 unspecified atom stereocenters. The monoisotopic (exact) mass is 301 g/mol. The highest BCUT2D eigenvalue weighted by Gasteiger charge is 2.25. The molecule has 1 aliphatic heterocycles. The lowest BCUT2D eigenvalue weighted by molar-refractivity contribution is -0.115. The van der Waals surface area contributed by atoms with Crippen LogP contribution >= 0.6 is 11.8 Å². The van der Waals surface area contributed by atoms with Crippen molar-refractivity contribution in [1.82, 2.24) is 5.32 Å². The zero-order chi connectivity index (χ0) is 15.1. The largest absolute Gasteiger partial charge is 0.463 e. The van der Waals surface area contributed by atoms with Crippen LogP contribution in [0, 0.1) is 13.8 Å². The van der Waals surface area contributed by atoms with Crippen LogP contribution in [-0.4, -0.2) is 11.1 Å². The molecule has 5 nitrogen and oxygen atoms in total. The van der Waals surface area contributed by atoms with Crippen LogP contribution in [-0.2, 0) is 4.79 Å². The Balaban J connectivity index is 2.20. The minimum absolute atomic E-state index is 0.191. The van der Waals surface area contributed by atoms with Gasteiger partial charge in [0.1, 0.15) is 11.8 Å². The van der Waals surface area contributed by atoms with Gasteiger partial charge in [-0.2, -0.15) is 0 Å². The fourth-order valence-corrected chi connectivity index (χ4v) is 2.95. The highest BCUT2D eigenvalue weighted by molar-refractivity contribution is 8.18. The number of carbonyl (C=O) groups is 2. The minimum atomic E-state index is -0.495. The van der Waals surface area contributed by atoms with E-state index in [4.69, 9.17) is 4.42 Å². The molecule has 2 amide bonds. The molecule has 0 bridgehead atoms. The Morgan fingerprint density at radius 2 is 1.95 bits per heavy atom. The molecule has 106 valence electrons. The van der Waals surface area contributed by atoms with Crippen LogP contribution in [0.5, 0.6) is 0 Å². The second-order valence-electron chi connectivity index (χ2n) is 4.83. The van der Waals surface area contributed by atoms with Crippen molar-refractivity contribution < 1.29 is 14.0 Å². The Labute approximate surface area is 124 Å². The van der Waals surface area contributed by atoms with Gasteiger partial charge in [0.2, 0.25) is 0 Å². The molecule has 3 rings (SSSR count). The lowest BCUT2D eigenvalue weighted by Gasteiger charge is -2.03. The van der Waals surface area contributed by atoms with E-state index in [9.17, 15) is 14.4 Å². The maximum absolute atomic E-state index is 12.5. The normalized spacial score (nSPS) is 16.8. The van der Waals surface area contributed by atoms with Gasteiger partial charge in [-0.25, -0.2) is 0 Å². The molecule has 2 heterocycles. The first-order chi connectivity index (χ1) is 9.95. The number of fused-ring (bicyclic) bond motifs is 1. The lowest BCUT2D eigenvalue weighted by atomic mass is 10.1. The van der Waals surface area contributed by atoms with Crippen LogP contribution in [0.15, 0.2) is 32.5 Å². The van der Waals surface area contributed by atoms with Gasteiger partial charge in [0.05, 0.1) is 15.9 Å². The van der Waals surface area contributed by atoms with Crippen molar-refractivity contribution in [2.24, 2.45) is 0 Å². The molecule has 21 heavy (non-hydrogen) atoms. The molecule has 1 aromatic carbocycles. The van der Waals surface area contributed by atoms with Crippen LogP contribution in [0.2, 0.25) is 0 Å². The Hall–Kier alpha value is -2.34. The van der Waals surface area contributed by atoms with Crippen LogP contribution in [0.1, 0.15) is 16.7 Å². The van der Waals surface area contributed by atoms with Crippen molar-refractivity contribution >= 4 is 40.0 Å². The number of amides is 2. The standard InChI is InChI=1S/C15H11NO4S/c1-7-3-8(2)13-10(4-7)12(17)9(6-20-13)5-11-14(18)16-15(19)21-11/h3-6H,1-2H3,(H,16,18,19)/b11-5+. The van der Waals surface area contributed by atoms with Crippen LogP contribution in [0.3, 0.4) is 0 Å². The van der Waals surface area contributed by atoms with Crippen LogP contribution < -0.4 is 10.7 Å². The molecule has 0 saturated carbocycles. The smallest absolute Gasteiger partial charge is 0.290 e. The third kappa shape index (κ3) is 2.38. The Morgan fingerprint density at radius 1 is 1.19 bits per heavy atom. The first-order valence-electron chi connectivity index (χ1n) is 6.23. The molecule has 6 heteroatoms. The zero-order valence-electron chi connectivity index (χ0n) is 11.4. The van der Waals surface area contributed by atoms with Crippen molar-refractivity contribution in [3.05, 3.63) is 50.2 Å². The average Bonchev–Trinajstić information content (AvgIpc) is 2.72. The van der Waals surface area contributed by atoms with Crippen molar-refractivity contribution in [2.75, 3.05) is 0 Å². The second-order valence-corrected chi connectivity index (χ2v) is 5.85. The van der Waals surface area contributed by atoms with E-state index in [1.165, 1.54) is 12.3 Å². The maximum atomic E-state index is 12.5. The van der Waals surface area contributed by atoms with E-state index in [1.807, 2.05) is 19.9 Å². The zero-order valence-corrected chi connectivity index (χ0v) is 12.2. The molecular formula is C15H11NO4S. The predicted molar refractivity (Wildman–Crippen MR) is 81.1 cm³/mol. The van der Waals surface area contributed by atoms with Gasteiger partial charge in [-0.1, -0.05) is 6.07 Å². The van der Waals surface area contributed by atoms with E-state index in [0.29, 0.717) is 11.0 Å². The molecule has 1 saturated heterocycles. The lowest BCUT2D eigenvalue weighted by Crippen LogP contribution is -2.18. The van der Waals surface area contributed by atoms with E-state index in [0.717, 1.165) is 22.9 Å². The summed E-state index contributed by atoms with van der Waals surface area (Å²) < 4.78 is 5.51. The molecular weight excluding hydrogens is 290 g/mol. The van der Waals surface area contributed by atoms with E-state index >= 15 is 0 Å². The number of thioether (sulfide) groups is 1. The summed E-state index contributed by atoms with van der Waals surface area (Å²) in [7, 11) is 0. The topological polar surface area (TPSA) is 76.4 Å². The van der Waals surface area contributed by atoms with E-state index in [-0.39, 0.29) is 15.9 Å². The summed E-state index contributed by atoms with van der Waals surface area (Å²) in [4.78, 5) is 35.3. The Kier molecular flexibility index (Phi) is 3.17. The molecule has 1 aromatic heterocycles. The van der Waals surface area contributed by atoms with Gasteiger partial charge in [-0.05, 0) is 48.9 Å². The summed E-state index contributed by atoms with van der Waals surface area (Å²) in [6, 6.07) is 3.69. The third-order valence-corrected chi connectivity index (χ3v) is 3.97. The molecule has 1 N–H and O–H groups in total. The average molecular weight is 301 g/mol. The molecule has 0 spiro atoms. The minimum Gasteiger partial charge on any atom is -0.463 e. The molecule has 0 aliphatic carbocycles. The first kappa shape index (κ1) is 13.6. The van der Waals surface area contributed by atoms with Crippen molar-refractivity contribution in [2.45, 2.75) is 13.8 Å². The SMILES string of the molecule is Cc1cc(C)c2occ(/C=C3/SC(=O)NC3=O)c(=O)c2c1. The molecule has 0 radical (unpaired) electrons. The van der Waals surface area contributed by atoms with Gasteiger partial charge in [-0.3, -0.25) is 19.7 Å². The Bertz CT molecular complexity index is 879. The van der Waals surface area contributed by atoms with Gasteiger partial charge in [0.25, 0.3) is 11.1 Å². The number of hydrogen-bond donors (Lipinski definition) is 1. The summed E-state index contributed by atoms with van der Waals surface area (Å²) in [6.07, 6.45) is 2.70. The number of hydrogen-bond acceptors (Lipinski definition) is 5. The van der Waals surface area contributed by atoms with Crippen LogP contribution in [0.25, 0.3) is 17.0 Å². The van der Waals surface area contributed by atoms with Gasteiger partial charge < -0.3 is 4.42 Å². The predicted octanol–water partition coefficient (Wildman–Crippen LogP) is 2.73. The number of rotatable bonds is 1. The summed E-state index contributed by atoms with van der Waals surface area (Å²) in [5, 5.41) is 2.17. The van der Waals surface area contributed by atoms with Gasteiger partial charge in [0.15, 0.2) is 5.43 Å². The van der Waals surface area contributed by atoms with Crippen LogP contribution in [0.4, 0.5) is 4.79 Å². The number of carbonyl (C=O) groups excluding carboxylic acids is 2. The van der Waals surface area contributed by atoms with Crippen molar-refractivity contribution in [3.8, 4) is 0 Å². The molecule has 0 atom stereocenters. The van der Waals surface area contributed by atoms with E-state index in [1.54, 1.807) is 6.07 Å². The van der Waals surface area contributed by atoms with Gasteiger partial charge in [-0.15, -0.1) is 0 Å². The summed E-state index contributed by atoms with van der Waals surface area (Å²) >= 11 is 0.770. The van der Waals surface area contributed by atoms with Crippen molar-refractivity contribution in [3.63, 3.8) is 0 Å². The number of benzene rings is 1. The summed E-state index contributed by atoms with van der Waals surface area (Å²) in [5.41, 5.74) is 2.40. The summed E-state index contributed by atoms with van der Waals surface area (Å²) in [6.45, 7) is 3.77. The first-order valence-corrected chi connectivity index (χ1v) is 7.05. The second kappa shape index (κ2) is 4.89. The van der Waals surface area contributed by atoms with E-state index < -0.39 is 11.1 Å². The number of imide groups is 1. The number of nitrogens with one attached hydrogen (secondary N) is 1. The third-order valence-electron chi connectivity index (χ3n) is 3.16. The highest BCUT2D eigenvalue weighted by atomic mass is 32.2. The maximum Gasteiger partial charge on any atom is 0.290 e. The Morgan fingerprint density at radius 3 is 2.62 bits per heavy atom. The fraction of sp³-hybridized carbons (Fsp3) is 0.133. The van der Waals surface area contributed by atoms with Gasteiger partial charge in [0, 0.05) is 0 Å². The highest BCUT2D eigenvalue weighted by Crippen LogP contribution is 2.26. The van der Waals surface area contributed by atoms with Crippen molar-refractivity contribution in [1.29, 1.82) is 0 Å². The molecule has 2 aromatic rings. The fourth-order valence-electron chi connectivity index (χ4n) is 2.27. The van der Waals surface area contributed by atoms with E-state index in [2.05, 4.69) is 5.32 Å². The summed E-state index contributed by atoms with van der Waals surface area (Å²) in [5.74, 6) is -0.495. The number of aryl methyl sites for hydroxylation is 2. The molecule has 1 aliphatic rings. The molecule has 1 fully saturated rings. The quantitative estimate of drug-likeness (QED) is 0.820. The van der Waals surface area contributed by atoms with Gasteiger partial charge >= 0.3 is 0 Å².